The molecule has 2 aliphatic rings. The van der Waals surface area contributed by atoms with Crippen molar-refractivity contribution >= 4 is 5.78 Å². The van der Waals surface area contributed by atoms with Gasteiger partial charge in [0.2, 0.25) is 0 Å². The lowest BCUT2D eigenvalue weighted by Crippen LogP contribution is -2.47. The average molecular weight is 239 g/mol. The lowest BCUT2D eigenvalue weighted by Gasteiger charge is -2.39. The molecule has 98 valence electrons. The molecule has 2 atom stereocenters. The number of Topliss-reactive ketones (excluding diaryl/α,β-unsaturated/α-hetero) is 1. The molecule has 2 bridgehead atoms. The molecule has 0 aromatic heterocycles. The Hall–Kier alpha value is -0.410. The van der Waals surface area contributed by atoms with Crippen LogP contribution in [0.3, 0.4) is 0 Å². The Balaban J connectivity index is 1.93. The predicted octanol–water partition coefficient (Wildman–Crippen LogP) is 2.25. The third kappa shape index (κ3) is 3.08. The molecule has 2 aliphatic heterocycles. The number of methoxy groups -OCH3 is 1. The quantitative estimate of drug-likeness (QED) is 0.737. The van der Waals surface area contributed by atoms with Gasteiger partial charge in [0.25, 0.3) is 0 Å². The van der Waals surface area contributed by atoms with Crippen molar-refractivity contribution in [3.05, 3.63) is 0 Å². The largest absolute Gasteiger partial charge is 0.385 e. The minimum absolute atomic E-state index is 0.289. The minimum Gasteiger partial charge on any atom is -0.385 e. The molecule has 3 nitrogen and oxygen atoms in total. The monoisotopic (exact) mass is 239 g/mol. The number of ether oxygens (including phenoxy) is 1. The molecule has 2 saturated heterocycles. The number of hydrogen-bond acceptors (Lipinski definition) is 3. The average Bonchev–Trinajstić information content (AvgIpc) is 2.50. The molecule has 0 radical (unpaired) electrons. The molecular formula is C14H25NO2. The van der Waals surface area contributed by atoms with E-state index in [1.807, 2.05) is 0 Å². The molecule has 0 saturated carbocycles. The molecular weight excluding hydrogens is 214 g/mol. The van der Waals surface area contributed by atoms with E-state index in [0.717, 1.165) is 32.4 Å². The fourth-order valence-electron chi connectivity index (χ4n) is 3.27. The van der Waals surface area contributed by atoms with Crippen molar-refractivity contribution in [3.63, 3.8) is 0 Å². The Kier molecular flexibility index (Phi) is 3.88. The van der Waals surface area contributed by atoms with E-state index in [9.17, 15) is 4.79 Å². The van der Waals surface area contributed by atoms with Crippen molar-refractivity contribution in [2.75, 3.05) is 20.3 Å². The molecule has 3 heteroatoms. The molecule has 17 heavy (non-hydrogen) atoms. The van der Waals surface area contributed by atoms with Crippen LogP contribution in [0.2, 0.25) is 0 Å². The van der Waals surface area contributed by atoms with Crippen molar-refractivity contribution < 1.29 is 9.53 Å². The van der Waals surface area contributed by atoms with Crippen LogP contribution >= 0.6 is 0 Å². The van der Waals surface area contributed by atoms with Crippen LogP contribution in [-0.4, -0.2) is 43.0 Å². The van der Waals surface area contributed by atoms with Crippen molar-refractivity contribution in [2.24, 2.45) is 5.41 Å². The van der Waals surface area contributed by atoms with Gasteiger partial charge in [0.05, 0.1) is 0 Å². The van der Waals surface area contributed by atoms with Gasteiger partial charge >= 0.3 is 0 Å². The van der Waals surface area contributed by atoms with Crippen LogP contribution in [0.15, 0.2) is 0 Å². The van der Waals surface area contributed by atoms with Gasteiger partial charge in [-0.3, -0.25) is 9.69 Å². The van der Waals surface area contributed by atoms with E-state index >= 15 is 0 Å². The highest BCUT2D eigenvalue weighted by atomic mass is 16.5. The zero-order chi connectivity index (χ0) is 12.5. The first-order valence-corrected chi connectivity index (χ1v) is 6.78. The van der Waals surface area contributed by atoms with Crippen molar-refractivity contribution in [1.29, 1.82) is 0 Å². The summed E-state index contributed by atoms with van der Waals surface area (Å²) in [6.45, 7) is 6.55. The first kappa shape index (κ1) is 13.0. The van der Waals surface area contributed by atoms with Crippen LogP contribution in [0.4, 0.5) is 0 Å². The van der Waals surface area contributed by atoms with E-state index in [1.54, 1.807) is 7.11 Å². The van der Waals surface area contributed by atoms with Gasteiger partial charge < -0.3 is 4.74 Å². The molecule has 2 rings (SSSR count). The van der Waals surface area contributed by atoms with Gasteiger partial charge in [-0.05, 0) is 24.7 Å². The summed E-state index contributed by atoms with van der Waals surface area (Å²) in [6.07, 6.45) is 5.11. The number of rotatable bonds is 5. The van der Waals surface area contributed by atoms with Gasteiger partial charge in [0.1, 0.15) is 5.78 Å². The predicted molar refractivity (Wildman–Crippen MR) is 68.0 cm³/mol. The zero-order valence-corrected chi connectivity index (χ0v) is 11.4. The molecule has 0 aromatic rings. The lowest BCUT2D eigenvalue weighted by atomic mass is 9.87. The summed E-state index contributed by atoms with van der Waals surface area (Å²) in [5.41, 5.74) is 0.289. The number of nitrogens with zero attached hydrogens (tertiary/aromatic N) is 1. The highest BCUT2D eigenvalue weighted by Crippen LogP contribution is 2.37. The molecule has 0 amide bonds. The third-order valence-corrected chi connectivity index (χ3v) is 4.29. The zero-order valence-electron chi connectivity index (χ0n) is 11.4. The molecule has 2 fully saturated rings. The minimum atomic E-state index is 0.289. The molecule has 0 N–H and O–H groups in total. The second-order valence-electron chi connectivity index (χ2n) is 6.41. The molecule has 0 aliphatic carbocycles. The molecule has 2 unspecified atom stereocenters. The summed E-state index contributed by atoms with van der Waals surface area (Å²) >= 11 is 0. The highest BCUT2D eigenvalue weighted by Gasteiger charge is 2.41. The standard InChI is InChI=1S/C14H25NO2/c1-14(2,6-7-17-3)10-15-11-4-5-12(15)9-13(16)8-11/h11-12H,4-10H2,1-3H3. The van der Waals surface area contributed by atoms with E-state index < -0.39 is 0 Å². The smallest absolute Gasteiger partial charge is 0.136 e. The second kappa shape index (κ2) is 5.07. The van der Waals surface area contributed by atoms with Gasteiger partial charge in [-0.15, -0.1) is 0 Å². The maximum Gasteiger partial charge on any atom is 0.136 e. The summed E-state index contributed by atoms with van der Waals surface area (Å²) < 4.78 is 5.18. The van der Waals surface area contributed by atoms with E-state index in [1.165, 1.54) is 12.8 Å². The van der Waals surface area contributed by atoms with Crippen LogP contribution in [0.1, 0.15) is 46.0 Å². The van der Waals surface area contributed by atoms with Crippen molar-refractivity contribution in [2.45, 2.75) is 58.0 Å². The van der Waals surface area contributed by atoms with Gasteiger partial charge in [-0.1, -0.05) is 13.8 Å². The second-order valence-corrected chi connectivity index (χ2v) is 6.41. The topological polar surface area (TPSA) is 29.5 Å². The fourth-order valence-corrected chi connectivity index (χ4v) is 3.27. The fraction of sp³-hybridized carbons (Fsp3) is 0.929. The van der Waals surface area contributed by atoms with Gasteiger partial charge in [0.15, 0.2) is 0 Å². The Morgan fingerprint density at radius 3 is 2.41 bits per heavy atom. The molecule has 0 aromatic carbocycles. The first-order chi connectivity index (χ1) is 8.02. The Labute approximate surface area is 105 Å². The number of hydrogen-bond donors (Lipinski definition) is 0. The van der Waals surface area contributed by atoms with E-state index in [4.69, 9.17) is 4.74 Å². The van der Waals surface area contributed by atoms with Gasteiger partial charge in [-0.25, -0.2) is 0 Å². The van der Waals surface area contributed by atoms with Crippen LogP contribution in [0.5, 0.6) is 0 Å². The van der Waals surface area contributed by atoms with E-state index in [0.29, 0.717) is 17.9 Å². The Morgan fingerprint density at radius 1 is 1.29 bits per heavy atom. The number of carbonyl (C=O) groups excluding carboxylic acids is 1. The van der Waals surface area contributed by atoms with Gasteiger partial charge in [0, 0.05) is 45.2 Å². The van der Waals surface area contributed by atoms with Crippen molar-refractivity contribution in [3.8, 4) is 0 Å². The Morgan fingerprint density at radius 2 is 1.88 bits per heavy atom. The van der Waals surface area contributed by atoms with E-state index in [2.05, 4.69) is 18.7 Å². The molecule has 0 spiro atoms. The number of carbonyl (C=O) groups is 1. The number of fused-ring (bicyclic) bond motifs is 2. The van der Waals surface area contributed by atoms with Crippen molar-refractivity contribution in [1.82, 2.24) is 4.90 Å². The summed E-state index contributed by atoms with van der Waals surface area (Å²) in [6, 6.07) is 1.06. The lowest BCUT2D eigenvalue weighted by molar-refractivity contribution is -0.124. The Bertz CT molecular complexity index is 272. The summed E-state index contributed by atoms with van der Waals surface area (Å²) in [5, 5.41) is 0. The maximum absolute atomic E-state index is 11.6. The van der Waals surface area contributed by atoms with E-state index in [-0.39, 0.29) is 5.41 Å². The van der Waals surface area contributed by atoms with Gasteiger partial charge in [-0.2, -0.15) is 0 Å². The normalized spacial score (nSPS) is 29.9. The number of piperidine rings is 1. The van der Waals surface area contributed by atoms with Crippen LogP contribution < -0.4 is 0 Å². The highest BCUT2D eigenvalue weighted by molar-refractivity contribution is 5.80. The van der Waals surface area contributed by atoms with Crippen LogP contribution in [0.25, 0.3) is 0 Å². The summed E-state index contributed by atoms with van der Waals surface area (Å²) in [5.74, 6) is 0.475. The SMILES string of the molecule is COCCC(C)(C)CN1C2CCC1CC(=O)C2. The number of ketones is 1. The van der Waals surface area contributed by atoms with Crippen LogP contribution in [-0.2, 0) is 9.53 Å². The third-order valence-electron chi connectivity index (χ3n) is 4.29. The molecule has 2 heterocycles. The maximum atomic E-state index is 11.6. The van der Waals surface area contributed by atoms with Crippen LogP contribution in [0, 0.1) is 5.41 Å². The first-order valence-electron chi connectivity index (χ1n) is 6.78. The summed E-state index contributed by atoms with van der Waals surface area (Å²) in [4.78, 5) is 14.2. The summed E-state index contributed by atoms with van der Waals surface area (Å²) in [7, 11) is 1.76.